The molecule has 1 heterocycles. The molecular formula is C27H25OP. The molecule has 0 saturated carbocycles. The SMILES string of the molecule is CC1(C)c2ccccc2Oc2cccc(P)c21.c1ccc(-c2ccccc2)cc1. The van der Waals surface area contributed by atoms with Crippen LogP contribution in [0.5, 0.6) is 11.5 Å². The second kappa shape index (κ2) is 8.23. The molecule has 0 amide bonds. The number of ether oxygens (including phenoxy) is 1. The van der Waals surface area contributed by atoms with Gasteiger partial charge < -0.3 is 4.74 Å². The Morgan fingerprint density at radius 1 is 0.586 bits per heavy atom. The molecule has 4 aromatic carbocycles. The Hall–Kier alpha value is -2.89. The molecule has 144 valence electrons. The first kappa shape index (κ1) is 19.4. The van der Waals surface area contributed by atoms with Crippen molar-refractivity contribution in [2.24, 2.45) is 0 Å². The molecule has 1 unspecified atom stereocenters. The lowest BCUT2D eigenvalue weighted by Gasteiger charge is -2.35. The Labute approximate surface area is 175 Å². The number of hydrogen-bond acceptors (Lipinski definition) is 1. The topological polar surface area (TPSA) is 9.23 Å². The van der Waals surface area contributed by atoms with Crippen LogP contribution < -0.4 is 10.0 Å². The van der Waals surface area contributed by atoms with Crippen molar-refractivity contribution < 1.29 is 4.74 Å². The molecule has 0 spiro atoms. The molecule has 29 heavy (non-hydrogen) atoms. The molecule has 2 heteroatoms. The zero-order valence-corrected chi connectivity index (χ0v) is 18.0. The average Bonchev–Trinajstić information content (AvgIpc) is 2.75. The van der Waals surface area contributed by atoms with Gasteiger partial charge in [0.15, 0.2) is 0 Å². The van der Waals surface area contributed by atoms with Gasteiger partial charge in [0, 0.05) is 16.5 Å². The smallest absolute Gasteiger partial charge is 0.132 e. The van der Waals surface area contributed by atoms with E-state index in [0.29, 0.717) is 0 Å². The number of rotatable bonds is 1. The third-order valence-electron chi connectivity index (χ3n) is 5.34. The summed E-state index contributed by atoms with van der Waals surface area (Å²) >= 11 is 0. The first-order valence-electron chi connectivity index (χ1n) is 9.84. The number of para-hydroxylation sites is 1. The highest BCUT2D eigenvalue weighted by Gasteiger charge is 2.34. The van der Waals surface area contributed by atoms with Crippen LogP contribution in [0.2, 0.25) is 0 Å². The highest BCUT2D eigenvalue weighted by Crippen LogP contribution is 2.47. The lowest BCUT2D eigenvalue weighted by atomic mass is 9.76. The van der Waals surface area contributed by atoms with Gasteiger partial charge in [-0.3, -0.25) is 0 Å². The van der Waals surface area contributed by atoms with Crippen LogP contribution in [0.1, 0.15) is 25.0 Å². The molecule has 1 aliphatic rings. The van der Waals surface area contributed by atoms with E-state index in [2.05, 4.69) is 89.8 Å². The largest absolute Gasteiger partial charge is 0.457 e. The van der Waals surface area contributed by atoms with Crippen molar-refractivity contribution in [1.82, 2.24) is 0 Å². The molecule has 5 rings (SSSR count). The highest BCUT2D eigenvalue weighted by atomic mass is 31.0. The van der Waals surface area contributed by atoms with Crippen molar-refractivity contribution in [3.05, 3.63) is 114 Å². The van der Waals surface area contributed by atoms with Gasteiger partial charge in [-0.05, 0) is 28.6 Å². The van der Waals surface area contributed by atoms with Crippen molar-refractivity contribution in [2.45, 2.75) is 19.3 Å². The summed E-state index contributed by atoms with van der Waals surface area (Å²) in [5.74, 6) is 1.95. The van der Waals surface area contributed by atoms with Crippen molar-refractivity contribution >= 4 is 14.5 Å². The van der Waals surface area contributed by atoms with Crippen molar-refractivity contribution in [3.63, 3.8) is 0 Å². The van der Waals surface area contributed by atoms with Crippen molar-refractivity contribution in [2.75, 3.05) is 0 Å². The van der Waals surface area contributed by atoms with Crippen LogP contribution in [-0.2, 0) is 5.41 Å². The molecule has 4 aromatic rings. The van der Waals surface area contributed by atoms with Gasteiger partial charge in [0.05, 0.1) is 0 Å². The van der Waals surface area contributed by atoms with Crippen LogP contribution in [0.25, 0.3) is 11.1 Å². The predicted octanol–water partition coefficient (Wildman–Crippen LogP) is 6.97. The average molecular weight is 396 g/mol. The molecule has 1 nitrogen and oxygen atoms in total. The van der Waals surface area contributed by atoms with E-state index >= 15 is 0 Å². The Balaban J connectivity index is 0.000000150. The molecule has 0 bridgehead atoms. The Morgan fingerprint density at radius 2 is 1.10 bits per heavy atom. The van der Waals surface area contributed by atoms with Gasteiger partial charge in [-0.15, -0.1) is 9.24 Å². The minimum Gasteiger partial charge on any atom is -0.457 e. The van der Waals surface area contributed by atoms with Crippen molar-refractivity contribution in [3.8, 4) is 22.6 Å². The van der Waals surface area contributed by atoms with Crippen LogP contribution in [0.15, 0.2) is 103 Å². The van der Waals surface area contributed by atoms with E-state index < -0.39 is 0 Å². The van der Waals surface area contributed by atoms with Gasteiger partial charge in [-0.2, -0.15) is 0 Å². The summed E-state index contributed by atoms with van der Waals surface area (Å²) in [6.07, 6.45) is 0. The van der Waals surface area contributed by atoms with Crippen LogP contribution in [-0.4, -0.2) is 0 Å². The highest BCUT2D eigenvalue weighted by molar-refractivity contribution is 7.27. The summed E-state index contributed by atoms with van der Waals surface area (Å²) in [5, 5.41) is 1.21. The molecule has 0 radical (unpaired) electrons. The lowest BCUT2D eigenvalue weighted by Crippen LogP contribution is -2.28. The van der Waals surface area contributed by atoms with E-state index in [1.165, 1.54) is 27.6 Å². The minimum absolute atomic E-state index is 0.0114. The Bertz CT molecular complexity index is 1060. The van der Waals surface area contributed by atoms with E-state index in [1.54, 1.807) is 0 Å². The van der Waals surface area contributed by atoms with Crippen LogP contribution >= 0.6 is 9.24 Å². The first-order chi connectivity index (χ1) is 14.1. The number of benzene rings is 4. The van der Waals surface area contributed by atoms with Gasteiger partial charge in [-0.1, -0.05) is 105 Å². The van der Waals surface area contributed by atoms with Crippen LogP contribution in [0, 0.1) is 0 Å². The maximum atomic E-state index is 5.98. The molecule has 1 atom stereocenters. The summed E-state index contributed by atoms with van der Waals surface area (Å²) < 4.78 is 5.98. The molecule has 0 aromatic heterocycles. The van der Waals surface area contributed by atoms with Gasteiger partial charge in [-0.25, -0.2) is 0 Å². The summed E-state index contributed by atoms with van der Waals surface area (Å²) in [4.78, 5) is 0. The minimum atomic E-state index is -0.0114. The zero-order valence-electron chi connectivity index (χ0n) is 16.8. The van der Waals surface area contributed by atoms with E-state index in [-0.39, 0.29) is 5.41 Å². The lowest BCUT2D eigenvalue weighted by molar-refractivity contribution is 0.420. The second-order valence-electron chi connectivity index (χ2n) is 7.68. The quantitative estimate of drug-likeness (QED) is 0.316. The normalized spacial score (nSPS) is 13.2. The Morgan fingerprint density at radius 3 is 1.72 bits per heavy atom. The summed E-state index contributed by atoms with van der Waals surface area (Å²) in [5.41, 5.74) is 5.06. The number of fused-ring (bicyclic) bond motifs is 2. The molecule has 1 aliphatic heterocycles. The fourth-order valence-electron chi connectivity index (χ4n) is 3.89. The molecule has 0 N–H and O–H groups in total. The van der Waals surface area contributed by atoms with Gasteiger partial charge >= 0.3 is 0 Å². The third-order valence-corrected chi connectivity index (χ3v) is 5.83. The Kier molecular flexibility index (Phi) is 5.51. The third kappa shape index (κ3) is 3.97. The van der Waals surface area contributed by atoms with E-state index in [1.807, 2.05) is 36.4 Å². The maximum absolute atomic E-state index is 5.98. The monoisotopic (exact) mass is 396 g/mol. The fraction of sp³-hybridized carbons (Fsp3) is 0.111. The number of hydrogen-bond donors (Lipinski definition) is 0. The zero-order chi connectivity index (χ0) is 20.3. The molecule has 0 saturated heterocycles. The predicted molar refractivity (Wildman–Crippen MR) is 126 cm³/mol. The van der Waals surface area contributed by atoms with E-state index in [4.69, 9.17) is 4.74 Å². The summed E-state index contributed by atoms with van der Waals surface area (Å²) in [6.45, 7) is 4.50. The van der Waals surface area contributed by atoms with Crippen LogP contribution in [0.4, 0.5) is 0 Å². The van der Waals surface area contributed by atoms with E-state index in [0.717, 1.165) is 11.5 Å². The molecule has 0 fully saturated rings. The van der Waals surface area contributed by atoms with Gasteiger partial charge in [0.2, 0.25) is 0 Å². The van der Waals surface area contributed by atoms with E-state index in [9.17, 15) is 0 Å². The van der Waals surface area contributed by atoms with Gasteiger partial charge in [0.25, 0.3) is 0 Å². The maximum Gasteiger partial charge on any atom is 0.132 e. The fourth-order valence-corrected chi connectivity index (χ4v) is 4.50. The molecular weight excluding hydrogens is 371 g/mol. The first-order valence-corrected chi connectivity index (χ1v) is 10.4. The second-order valence-corrected chi connectivity index (χ2v) is 8.30. The standard InChI is InChI=1S/C15H15OP.C12H10/c1-15(2)10-6-3-4-7-11(10)16-12-8-5-9-13(17)14(12)15;1-3-7-11(8-4-1)12-9-5-2-6-10-12/h3-9H,17H2,1-2H3;1-10H. The van der Waals surface area contributed by atoms with Crippen LogP contribution in [0.3, 0.4) is 0 Å². The molecule has 0 aliphatic carbocycles. The summed E-state index contributed by atoms with van der Waals surface area (Å²) in [6, 6.07) is 35.2. The van der Waals surface area contributed by atoms with Crippen molar-refractivity contribution in [1.29, 1.82) is 0 Å². The summed E-state index contributed by atoms with van der Waals surface area (Å²) in [7, 11) is 2.81. The van der Waals surface area contributed by atoms with Gasteiger partial charge in [0.1, 0.15) is 11.5 Å².